The van der Waals surface area contributed by atoms with Crippen LogP contribution in [0.3, 0.4) is 0 Å². The zero-order valence-corrected chi connectivity index (χ0v) is 11.5. The molecule has 0 heterocycles. The van der Waals surface area contributed by atoms with Gasteiger partial charge in [0.2, 0.25) is 0 Å². The fourth-order valence-electron chi connectivity index (χ4n) is 1.56. The van der Waals surface area contributed by atoms with Crippen LogP contribution >= 0.6 is 23.2 Å². The molecule has 0 bridgehead atoms. The summed E-state index contributed by atoms with van der Waals surface area (Å²) in [6, 6.07) is 10.3. The average Bonchev–Trinajstić information content (AvgIpc) is 2.44. The first-order valence-electron chi connectivity index (χ1n) is 5.48. The van der Waals surface area contributed by atoms with Crippen molar-refractivity contribution in [3.63, 3.8) is 0 Å². The highest BCUT2D eigenvalue weighted by Crippen LogP contribution is 2.25. The van der Waals surface area contributed by atoms with Crippen molar-refractivity contribution in [2.24, 2.45) is 0 Å². The monoisotopic (exact) mass is 308 g/mol. The Morgan fingerprint density at radius 2 is 2.00 bits per heavy atom. The number of nitriles is 1. The molecule has 1 N–H and O–H groups in total. The Morgan fingerprint density at radius 1 is 1.25 bits per heavy atom. The van der Waals surface area contributed by atoms with E-state index in [0.717, 1.165) is 6.07 Å². The number of nitrogens with one attached hydrogen (secondary N) is 1. The van der Waals surface area contributed by atoms with Crippen LogP contribution in [0.25, 0.3) is 0 Å². The fourth-order valence-corrected chi connectivity index (χ4v) is 1.94. The van der Waals surface area contributed by atoms with Crippen LogP contribution < -0.4 is 5.32 Å². The lowest BCUT2D eigenvalue weighted by molar-refractivity contribution is 0.102. The number of rotatable bonds is 2. The third-order valence-electron chi connectivity index (χ3n) is 2.54. The summed E-state index contributed by atoms with van der Waals surface area (Å²) in [7, 11) is 0. The van der Waals surface area contributed by atoms with E-state index in [4.69, 9.17) is 28.5 Å². The minimum atomic E-state index is -0.684. The summed E-state index contributed by atoms with van der Waals surface area (Å²) in [5, 5.41) is 11.3. The van der Waals surface area contributed by atoms with E-state index in [1.807, 2.05) is 6.07 Å². The van der Waals surface area contributed by atoms with Gasteiger partial charge in [0.05, 0.1) is 32.9 Å². The Balaban J connectivity index is 2.33. The van der Waals surface area contributed by atoms with Crippen LogP contribution in [0.2, 0.25) is 10.0 Å². The predicted molar refractivity (Wildman–Crippen MR) is 75.5 cm³/mol. The highest BCUT2D eigenvalue weighted by Gasteiger charge is 2.15. The van der Waals surface area contributed by atoms with Crippen LogP contribution in [-0.4, -0.2) is 5.91 Å². The molecule has 0 spiro atoms. The van der Waals surface area contributed by atoms with Crippen LogP contribution in [0.15, 0.2) is 36.4 Å². The second-order valence-electron chi connectivity index (χ2n) is 3.86. The van der Waals surface area contributed by atoms with E-state index in [1.165, 1.54) is 30.3 Å². The van der Waals surface area contributed by atoms with Gasteiger partial charge in [0, 0.05) is 0 Å². The van der Waals surface area contributed by atoms with Crippen molar-refractivity contribution in [1.29, 1.82) is 5.26 Å². The number of carbonyl (C=O) groups is 1. The Labute approximate surface area is 124 Å². The molecular formula is C14H7Cl2FN2O. The molecule has 2 rings (SSSR count). The van der Waals surface area contributed by atoms with Gasteiger partial charge in [-0.2, -0.15) is 5.26 Å². The summed E-state index contributed by atoms with van der Waals surface area (Å²) in [5.74, 6) is -1.29. The second-order valence-corrected chi connectivity index (χ2v) is 4.65. The Kier molecular flexibility index (Phi) is 4.23. The maximum Gasteiger partial charge on any atom is 0.257 e. The Morgan fingerprint density at radius 3 is 2.70 bits per heavy atom. The van der Waals surface area contributed by atoms with Gasteiger partial charge in [0.25, 0.3) is 5.91 Å². The molecule has 0 aromatic heterocycles. The quantitative estimate of drug-likeness (QED) is 0.901. The first-order valence-corrected chi connectivity index (χ1v) is 6.23. The summed E-state index contributed by atoms with van der Waals surface area (Å²) in [4.78, 5) is 12.0. The molecule has 0 saturated heterocycles. The fraction of sp³-hybridized carbons (Fsp3) is 0. The molecule has 0 fully saturated rings. The van der Waals surface area contributed by atoms with Gasteiger partial charge in [-0.05, 0) is 30.3 Å². The molecule has 0 unspecified atom stereocenters. The van der Waals surface area contributed by atoms with E-state index in [-0.39, 0.29) is 21.3 Å². The van der Waals surface area contributed by atoms with Gasteiger partial charge in [-0.15, -0.1) is 0 Å². The summed E-state index contributed by atoms with van der Waals surface area (Å²) >= 11 is 11.7. The topological polar surface area (TPSA) is 52.9 Å². The third kappa shape index (κ3) is 2.90. The van der Waals surface area contributed by atoms with Gasteiger partial charge < -0.3 is 5.32 Å². The molecule has 0 aliphatic heterocycles. The van der Waals surface area contributed by atoms with Crippen molar-refractivity contribution in [3.05, 3.63) is 63.4 Å². The van der Waals surface area contributed by atoms with E-state index in [1.54, 1.807) is 0 Å². The molecule has 100 valence electrons. The standard InChI is InChI=1S/C14H7Cl2FN2O/c15-10-5-4-8(7-18)6-12(10)19-14(20)9-2-1-3-11(17)13(9)16/h1-6H,(H,19,20). The van der Waals surface area contributed by atoms with E-state index in [9.17, 15) is 9.18 Å². The lowest BCUT2D eigenvalue weighted by Gasteiger charge is -2.09. The highest BCUT2D eigenvalue weighted by atomic mass is 35.5. The molecule has 0 saturated carbocycles. The molecule has 2 aromatic rings. The average molecular weight is 309 g/mol. The largest absolute Gasteiger partial charge is 0.321 e. The molecular weight excluding hydrogens is 302 g/mol. The Hall–Kier alpha value is -2.09. The van der Waals surface area contributed by atoms with Gasteiger partial charge in [-0.25, -0.2) is 4.39 Å². The smallest absolute Gasteiger partial charge is 0.257 e. The van der Waals surface area contributed by atoms with E-state index in [0.29, 0.717) is 5.56 Å². The highest BCUT2D eigenvalue weighted by molar-refractivity contribution is 6.36. The molecule has 0 atom stereocenters. The summed E-state index contributed by atoms with van der Waals surface area (Å²) in [5.41, 5.74) is 0.594. The normalized spacial score (nSPS) is 9.90. The van der Waals surface area contributed by atoms with E-state index >= 15 is 0 Å². The maximum absolute atomic E-state index is 13.3. The van der Waals surface area contributed by atoms with Crippen LogP contribution in [-0.2, 0) is 0 Å². The molecule has 6 heteroatoms. The lowest BCUT2D eigenvalue weighted by atomic mass is 10.1. The zero-order valence-electron chi connectivity index (χ0n) is 9.95. The summed E-state index contributed by atoms with van der Waals surface area (Å²) in [6.07, 6.45) is 0. The number of benzene rings is 2. The number of halogens is 3. The van der Waals surface area contributed by atoms with Crippen molar-refractivity contribution in [2.75, 3.05) is 5.32 Å². The summed E-state index contributed by atoms with van der Waals surface area (Å²) < 4.78 is 13.3. The number of carbonyl (C=O) groups excluding carboxylic acids is 1. The van der Waals surface area contributed by atoms with E-state index < -0.39 is 11.7 Å². The number of amides is 1. The number of hydrogen-bond acceptors (Lipinski definition) is 2. The van der Waals surface area contributed by atoms with Crippen LogP contribution in [0.4, 0.5) is 10.1 Å². The molecule has 3 nitrogen and oxygen atoms in total. The SMILES string of the molecule is N#Cc1ccc(Cl)c(NC(=O)c2cccc(F)c2Cl)c1. The predicted octanol–water partition coefficient (Wildman–Crippen LogP) is 4.26. The molecule has 20 heavy (non-hydrogen) atoms. The van der Waals surface area contributed by atoms with Crippen molar-refractivity contribution >= 4 is 34.8 Å². The minimum absolute atomic E-state index is 0.00917. The van der Waals surface area contributed by atoms with Crippen LogP contribution in [0.5, 0.6) is 0 Å². The minimum Gasteiger partial charge on any atom is -0.321 e. The molecule has 1 amide bonds. The lowest BCUT2D eigenvalue weighted by Crippen LogP contribution is -2.13. The van der Waals surface area contributed by atoms with Crippen molar-refractivity contribution in [3.8, 4) is 6.07 Å². The van der Waals surface area contributed by atoms with Gasteiger partial charge >= 0.3 is 0 Å². The Bertz CT molecular complexity index is 726. The third-order valence-corrected chi connectivity index (χ3v) is 3.25. The van der Waals surface area contributed by atoms with Gasteiger partial charge in [-0.3, -0.25) is 4.79 Å². The molecule has 0 aliphatic rings. The van der Waals surface area contributed by atoms with Crippen molar-refractivity contribution in [1.82, 2.24) is 0 Å². The van der Waals surface area contributed by atoms with Crippen molar-refractivity contribution in [2.45, 2.75) is 0 Å². The van der Waals surface area contributed by atoms with E-state index in [2.05, 4.69) is 5.32 Å². The first-order chi connectivity index (χ1) is 9.52. The van der Waals surface area contributed by atoms with Gasteiger partial charge in [0.1, 0.15) is 5.82 Å². The van der Waals surface area contributed by atoms with Crippen LogP contribution in [0, 0.1) is 17.1 Å². The van der Waals surface area contributed by atoms with Crippen molar-refractivity contribution < 1.29 is 9.18 Å². The number of hydrogen-bond donors (Lipinski definition) is 1. The zero-order chi connectivity index (χ0) is 14.7. The molecule has 2 aromatic carbocycles. The number of anilines is 1. The number of nitrogens with zero attached hydrogens (tertiary/aromatic N) is 1. The maximum atomic E-state index is 13.3. The van der Waals surface area contributed by atoms with Crippen LogP contribution in [0.1, 0.15) is 15.9 Å². The molecule has 0 radical (unpaired) electrons. The van der Waals surface area contributed by atoms with Gasteiger partial charge in [0.15, 0.2) is 0 Å². The van der Waals surface area contributed by atoms with Gasteiger partial charge in [-0.1, -0.05) is 29.3 Å². The first kappa shape index (κ1) is 14.3. The molecule has 0 aliphatic carbocycles. The summed E-state index contributed by atoms with van der Waals surface area (Å²) in [6.45, 7) is 0. The second kappa shape index (κ2) is 5.91.